The van der Waals surface area contributed by atoms with Gasteiger partial charge in [0.1, 0.15) is 5.00 Å². The molecule has 8 heteroatoms. The Kier molecular flexibility index (Phi) is 5.07. The summed E-state index contributed by atoms with van der Waals surface area (Å²) in [4.78, 5) is 34.2. The fourth-order valence-electron chi connectivity index (χ4n) is 2.08. The lowest BCUT2D eigenvalue weighted by Crippen LogP contribution is -2.16. The first-order valence-electron chi connectivity index (χ1n) is 6.62. The van der Waals surface area contributed by atoms with Gasteiger partial charge in [0.15, 0.2) is 0 Å². The number of nitro benzene ring substituents is 1. The molecule has 23 heavy (non-hydrogen) atoms. The van der Waals surface area contributed by atoms with E-state index in [0.717, 1.165) is 0 Å². The lowest BCUT2D eigenvalue weighted by Gasteiger charge is -2.08. The highest BCUT2D eigenvalue weighted by atomic mass is 32.1. The van der Waals surface area contributed by atoms with Crippen molar-refractivity contribution in [2.45, 2.75) is 13.3 Å². The number of nitrogens with zero attached hydrogens (tertiary/aromatic N) is 1. The van der Waals surface area contributed by atoms with Gasteiger partial charge in [-0.2, -0.15) is 0 Å². The van der Waals surface area contributed by atoms with Crippen LogP contribution in [0.15, 0.2) is 29.6 Å². The molecule has 1 aromatic carbocycles. The van der Waals surface area contributed by atoms with Crippen LogP contribution in [0.25, 0.3) is 0 Å². The number of hydrogen-bond donors (Lipinski definition) is 1. The van der Waals surface area contributed by atoms with Gasteiger partial charge in [0.25, 0.3) is 5.69 Å². The summed E-state index contributed by atoms with van der Waals surface area (Å²) in [5.74, 6) is -0.894. The molecule has 0 unspecified atom stereocenters. The molecule has 120 valence electrons. The van der Waals surface area contributed by atoms with Gasteiger partial charge in [-0.25, -0.2) is 4.79 Å². The normalized spacial score (nSPS) is 10.2. The zero-order valence-corrected chi connectivity index (χ0v) is 13.3. The van der Waals surface area contributed by atoms with E-state index in [1.165, 1.54) is 24.5 Å². The summed E-state index contributed by atoms with van der Waals surface area (Å²) in [6.07, 6.45) is -0.0218. The van der Waals surface area contributed by atoms with Crippen LogP contribution in [0.5, 0.6) is 0 Å². The van der Waals surface area contributed by atoms with Gasteiger partial charge < -0.3 is 10.1 Å². The van der Waals surface area contributed by atoms with Crippen molar-refractivity contribution in [3.05, 3.63) is 56.5 Å². The number of amides is 1. The van der Waals surface area contributed by atoms with Crippen molar-refractivity contribution >= 4 is 33.9 Å². The van der Waals surface area contributed by atoms with Gasteiger partial charge in [-0.1, -0.05) is 12.1 Å². The van der Waals surface area contributed by atoms with Crippen LogP contribution in [0.2, 0.25) is 0 Å². The molecule has 1 heterocycles. The van der Waals surface area contributed by atoms with E-state index in [4.69, 9.17) is 0 Å². The maximum Gasteiger partial charge on any atom is 0.340 e. The number of anilines is 1. The Bertz CT molecular complexity index is 769. The molecular weight excluding hydrogens is 320 g/mol. The SMILES string of the molecule is COC(=O)c1ccsc1NC(=O)Cc1cccc([N+](=O)[O-])c1C. The van der Waals surface area contributed by atoms with Crippen molar-refractivity contribution in [1.29, 1.82) is 0 Å². The van der Waals surface area contributed by atoms with Crippen LogP contribution in [-0.2, 0) is 16.0 Å². The molecule has 0 spiro atoms. The average Bonchev–Trinajstić information content (AvgIpc) is 2.96. The van der Waals surface area contributed by atoms with Crippen LogP contribution in [-0.4, -0.2) is 23.9 Å². The van der Waals surface area contributed by atoms with E-state index in [0.29, 0.717) is 16.1 Å². The summed E-state index contributed by atoms with van der Waals surface area (Å²) in [5, 5.41) is 15.6. The van der Waals surface area contributed by atoms with Crippen molar-refractivity contribution in [1.82, 2.24) is 0 Å². The molecule has 0 bridgehead atoms. The quantitative estimate of drug-likeness (QED) is 0.515. The molecule has 2 rings (SSSR count). The molecule has 0 atom stereocenters. The minimum Gasteiger partial charge on any atom is -0.465 e. The zero-order valence-electron chi connectivity index (χ0n) is 12.5. The predicted octanol–water partition coefficient (Wildman–Crippen LogP) is 2.93. The predicted molar refractivity (Wildman–Crippen MR) is 85.8 cm³/mol. The smallest absolute Gasteiger partial charge is 0.340 e. The van der Waals surface area contributed by atoms with E-state index in [2.05, 4.69) is 10.1 Å². The lowest BCUT2D eigenvalue weighted by atomic mass is 10.0. The summed E-state index contributed by atoms with van der Waals surface area (Å²) in [5.41, 5.74) is 1.27. The van der Waals surface area contributed by atoms with Gasteiger partial charge in [0.2, 0.25) is 5.91 Å². The van der Waals surface area contributed by atoms with Crippen molar-refractivity contribution in [3.8, 4) is 0 Å². The first-order chi connectivity index (χ1) is 10.9. The number of hydrogen-bond acceptors (Lipinski definition) is 6. The number of esters is 1. The first-order valence-corrected chi connectivity index (χ1v) is 7.50. The maximum atomic E-state index is 12.1. The van der Waals surface area contributed by atoms with Gasteiger partial charge in [0.05, 0.1) is 24.0 Å². The van der Waals surface area contributed by atoms with E-state index < -0.39 is 10.9 Å². The monoisotopic (exact) mass is 334 g/mol. The van der Waals surface area contributed by atoms with Crippen LogP contribution in [0, 0.1) is 17.0 Å². The molecule has 1 N–H and O–H groups in total. The number of ether oxygens (including phenoxy) is 1. The second-order valence-electron chi connectivity index (χ2n) is 4.70. The van der Waals surface area contributed by atoms with E-state index in [-0.39, 0.29) is 23.6 Å². The Balaban J connectivity index is 2.15. The van der Waals surface area contributed by atoms with Crippen molar-refractivity contribution in [2.24, 2.45) is 0 Å². The highest BCUT2D eigenvalue weighted by molar-refractivity contribution is 7.14. The number of thiophene rings is 1. The number of benzene rings is 1. The van der Waals surface area contributed by atoms with Crippen LogP contribution in [0.4, 0.5) is 10.7 Å². The lowest BCUT2D eigenvalue weighted by molar-refractivity contribution is -0.385. The van der Waals surface area contributed by atoms with E-state index in [9.17, 15) is 19.7 Å². The van der Waals surface area contributed by atoms with E-state index >= 15 is 0 Å². The van der Waals surface area contributed by atoms with Gasteiger partial charge >= 0.3 is 5.97 Å². The van der Waals surface area contributed by atoms with Crippen molar-refractivity contribution in [2.75, 3.05) is 12.4 Å². The Morgan fingerprint density at radius 2 is 2.09 bits per heavy atom. The Morgan fingerprint density at radius 1 is 1.35 bits per heavy atom. The minimum absolute atomic E-state index is 0.0218. The molecule has 7 nitrogen and oxygen atoms in total. The van der Waals surface area contributed by atoms with Gasteiger partial charge in [-0.3, -0.25) is 14.9 Å². The van der Waals surface area contributed by atoms with Crippen LogP contribution >= 0.6 is 11.3 Å². The summed E-state index contributed by atoms with van der Waals surface area (Å²) in [7, 11) is 1.26. The van der Waals surface area contributed by atoms with Crippen molar-refractivity contribution < 1.29 is 19.2 Å². The summed E-state index contributed by atoms with van der Waals surface area (Å²) in [6.45, 7) is 1.60. The van der Waals surface area contributed by atoms with Crippen LogP contribution in [0.1, 0.15) is 21.5 Å². The average molecular weight is 334 g/mol. The molecule has 0 saturated heterocycles. The number of nitro groups is 1. The third-order valence-corrected chi connectivity index (χ3v) is 4.12. The molecule has 0 radical (unpaired) electrons. The molecule has 0 fully saturated rings. The summed E-state index contributed by atoms with van der Waals surface area (Å²) in [6, 6.07) is 6.16. The first kappa shape index (κ1) is 16.6. The molecule has 0 aliphatic rings. The van der Waals surface area contributed by atoms with Crippen LogP contribution < -0.4 is 5.32 Å². The Hall–Kier alpha value is -2.74. The number of carbonyl (C=O) groups is 2. The molecular formula is C15H14N2O5S. The molecule has 0 saturated carbocycles. The number of carbonyl (C=O) groups excluding carboxylic acids is 2. The minimum atomic E-state index is -0.534. The number of methoxy groups -OCH3 is 1. The van der Waals surface area contributed by atoms with Crippen molar-refractivity contribution in [3.63, 3.8) is 0 Å². The summed E-state index contributed by atoms with van der Waals surface area (Å²) < 4.78 is 4.64. The Labute approximate surface area is 136 Å². The molecule has 0 aliphatic carbocycles. The molecule has 0 aliphatic heterocycles. The molecule has 2 aromatic rings. The third kappa shape index (κ3) is 3.72. The highest BCUT2D eigenvalue weighted by Gasteiger charge is 2.18. The third-order valence-electron chi connectivity index (χ3n) is 3.29. The maximum absolute atomic E-state index is 12.1. The fraction of sp³-hybridized carbons (Fsp3) is 0.200. The van der Waals surface area contributed by atoms with Crippen LogP contribution in [0.3, 0.4) is 0 Å². The van der Waals surface area contributed by atoms with Gasteiger partial charge in [-0.05, 0) is 23.9 Å². The number of rotatable bonds is 5. The van der Waals surface area contributed by atoms with E-state index in [1.807, 2.05) is 0 Å². The standard InChI is InChI=1S/C15H14N2O5S/c1-9-10(4-3-5-12(9)17(20)21)8-13(18)16-14-11(6-7-23-14)15(19)22-2/h3-7H,8H2,1-2H3,(H,16,18). The molecule has 1 amide bonds. The van der Waals surface area contributed by atoms with Gasteiger partial charge in [0, 0.05) is 11.6 Å². The highest BCUT2D eigenvalue weighted by Crippen LogP contribution is 2.25. The Morgan fingerprint density at radius 3 is 2.74 bits per heavy atom. The molecule has 1 aromatic heterocycles. The fourth-order valence-corrected chi connectivity index (χ4v) is 2.87. The second kappa shape index (κ2) is 7.01. The van der Waals surface area contributed by atoms with Gasteiger partial charge in [-0.15, -0.1) is 11.3 Å². The zero-order chi connectivity index (χ0) is 17.0. The second-order valence-corrected chi connectivity index (χ2v) is 5.61. The largest absolute Gasteiger partial charge is 0.465 e. The summed E-state index contributed by atoms with van der Waals surface area (Å²) >= 11 is 1.20. The topological polar surface area (TPSA) is 98.5 Å². The number of nitrogens with one attached hydrogen (secondary N) is 1. The van der Waals surface area contributed by atoms with E-state index in [1.54, 1.807) is 30.5 Å².